The van der Waals surface area contributed by atoms with E-state index in [2.05, 4.69) is 4.98 Å². The van der Waals surface area contributed by atoms with Crippen LogP contribution in [-0.4, -0.2) is 10.8 Å². The van der Waals surface area contributed by atoms with Crippen molar-refractivity contribution < 1.29 is 4.79 Å². The summed E-state index contributed by atoms with van der Waals surface area (Å²) in [7, 11) is 0. The molecule has 0 fully saturated rings. The van der Waals surface area contributed by atoms with Gasteiger partial charge in [-0.2, -0.15) is 0 Å². The van der Waals surface area contributed by atoms with Crippen LogP contribution in [0.1, 0.15) is 24.1 Å². The van der Waals surface area contributed by atoms with Crippen molar-refractivity contribution in [1.29, 1.82) is 0 Å². The number of nitrogens with zero attached hydrogens (tertiary/aromatic N) is 1. The maximum absolute atomic E-state index is 11.4. The van der Waals surface area contributed by atoms with Crippen LogP contribution in [0.2, 0.25) is 0 Å². The highest BCUT2D eigenvalue weighted by atomic mass is 16.1. The van der Waals surface area contributed by atoms with Crippen LogP contribution in [0.5, 0.6) is 0 Å². The van der Waals surface area contributed by atoms with Crippen LogP contribution >= 0.6 is 0 Å². The number of Topliss-reactive ketones (excluding diaryl/α,β-unsaturated/α-hetero) is 1. The average molecular weight is 173 g/mol. The van der Waals surface area contributed by atoms with E-state index in [1.807, 2.05) is 25.1 Å². The Morgan fingerprint density at radius 2 is 2.31 bits per heavy atom. The predicted molar refractivity (Wildman–Crippen MR) is 51.2 cm³/mol. The Labute approximate surface area is 77.3 Å². The lowest BCUT2D eigenvalue weighted by Gasteiger charge is -2.00. The fourth-order valence-corrected chi connectivity index (χ4v) is 1.59. The summed E-state index contributed by atoms with van der Waals surface area (Å²) in [6.07, 6.45) is 5.31. The van der Waals surface area contributed by atoms with Crippen molar-refractivity contribution in [2.75, 3.05) is 0 Å². The summed E-state index contributed by atoms with van der Waals surface area (Å²) in [6, 6.07) is 3.84. The molecular formula is C11H11NO. The third-order valence-electron chi connectivity index (χ3n) is 2.23. The molecule has 0 unspecified atom stereocenters. The Morgan fingerprint density at radius 1 is 1.46 bits per heavy atom. The van der Waals surface area contributed by atoms with E-state index in [4.69, 9.17) is 0 Å². The predicted octanol–water partition coefficient (Wildman–Crippen LogP) is 2.14. The van der Waals surface area contributed by atoms with Crippen LogP contribution in [0, 0.1) is 6.92 Å². The van der Waals surface area contributed by atoms with Gasteiger partial charge in [-0.3, -0.25) is 9.78 Å². The molecule has 0 spiro atoms. The fraction of sp³-hybridized carbons (Fsp3) is 0.273. The molecule has 0 N–H and O–H groups in total. The number of ketones is 1. The fourth-order valence-electron chi connectivity index (χ4n) is 1.59. The molecule has 0 aromatic carbocycles. The maximum atomic E-state index is 11.4. The summed E-state index contributed by atoms with van der Waals surface area (Å²) >= 11 is 0. The first-order chi connectivity index (χ1) is 6.27. The smallest absolute Gasteiger partial charge is 0.163 e. The Kier molecular flexibility index (Phi) is 1.97. The highest BCUT2D eigenvalue weighted by Crippen LogP contribution is 2.24. The van der Waals surface area contributed by atoms with Crippen molar-refractivity contribution >= 4 is 11.4 Å². The molecule has 0 bridgehead atoms. The monoisotopic (exact) mass is 173 g/mol. The Balaban J connectivity index is 2.41. The maximum Gasteiger partial charge on any atom is 0.163 e. The first-order valence-corrected chi connectivity index (χ1v) is 4.44. The number of hydrogen-bond donors (Lipinski definition) is 0. The quantitative estimate of drug-likeness (QED) is 0.651. The van der Waals surface area contributed by atoms with Gasteiger partial charge in [0.15, 0.2) is 5.78 Å². The summed E-state index contributed by atoms with van der Waals surface area (Å²) in [5.74, 6) is 0.255. The average Bonchev–Trinajstić information content (AvgIpc) is 2.51. The minimum Gasteiger partial charge on any atom is -0.294 e. The molecule has 0 amide bonds. The van der Waals surface area contributed by atoms with Gasteiger partial charge < -0.3 is 0 Å². The van der Waals surface area contributed by atoms with Gasteiger partial charge in [0.25, 0.3) is 0 Å². The van der Waals surface area contributed by atoms with Gasteiger partial charge in [0.2, 0.25) is 0 Å². The molecule has 0 aliphatic heterocycles. The minimum atomic E-state index is 0.255. The molecule has 2 heteroatoms. The van der Waals surface area contributed by atoms with Gasteiger partial charge in [0.05, 0.1) is 0 Å². The lowest BCUT2D eigenvalue weighted by Crippen LogP contribution is -1.95. The molecule has 0 saturated carbocycles. The van der Waals surface area contributed by atoms with E-state index in [9.17, 15) is 4.79 Å². The highest BCUT2D eigenvalue weighted by Gasteiger charge is 2.16. The van der Waals surface area contributed by atoms with Crippen molar-refractivity contribution in [3.8, 4) is 0 Å². The summed E-state index contributed by atoms with van der Waals surface area (Å²) in [4.78, 5) is 15.5. The summed E-state index contributed by atoms with van der Waals surface area (Å²) < 4.78 is 0. The van der Waals surface area contributed by atoms with Gasteiger partial charge in [-0.05, 0) is 31.0 Å². The van der Waals surface area contributed by atoms with Crippen LogP contribution in [0.3, 0.4) is 0 Å². The normalized spacial score (nSPS) is 16.1. The number of aromatic nitrogens is 1. The number of pyridine rings is 1. The van der Waals surface area contributed by atoms with E-state index >= 15 is 0 Å². The molecule has 2 rings (SSSR count). The minimum absolute atomic E-state index is 0.255. The number of carbonyl (C=O) groups is 1. The molecular weight excluding hydrogens is 162 g/mol. The van der Waals surface area contributed by atoms with Gasteiger partial charge in [-0.25, -0.2) is 0 Å². The van der Waals surface area contributed by atoms with Crippen molar-refractivity contribution in [3.63, 3.8) is 0 Å². The molecule has 66 valence electrons. The Hall–Kier alpha value is -1.44. The van der Waals surface area contributed by atoms with Gasteiger partial charge >= 0.3 is 0 Å². The SMILES string of the molecule is Cc1cc(C2=CCCC2=O)ccn1. The molecule has 1 heterocycles. The number of aryl methyl sites for hydroxylation is 1. The summed E-state index contributed by atoms with van der Waals surface area (Å²) in [6.45, 7) is 1.93. The first kappa shape index (κ1) is 8.17. The number of hydrogen-bond acceptors (Lipinski definition) is 2. The lowest BCUT2D eigenvalue weighted by atomic mass is 10.1. The number of allylic oxidation sites excluding steroid dienone is 2. The van der Waals surface area contributed by atoms with E-state index in [0.717, 1.165) is 23.3 Å². The molecule has 13 heavy (non-hydrogen) atoms. The largest absolute Gasteiger partial charge is 0.294 e. The van der Waals surface area contributed by atoms with E-state index in [1.165, 1.54) is 0 Å². The molecule has 1 aromatic rings. The second-order valence-corrected chi connectivity index (χ2v) is 3.27. The van der Waals surface area contributed by atoms with Crippen LogP contribution in [0.4, 0.5) is 0 Å². The second-order valence-electron chi connectivity index (χ2n) is 3.27. The molecule has 1 aromatic heterocycles. The highest BCUT2D eigenvalue weighted by molar-refractivity contribution is 6.22. The van der Waals surface area contributed by atoms with Crippen molar-refractivity contribution in [1.82, 2.24) is 4.98 Å². The van der Waals surface area contributed by atoms with Gasteiger partial charge in [0, 0.05) is 23.9 Å². The van der Waals surface area contributed by atoms with E-state index < -0.39 is 0 Å². The van der Waals surface area contributed by atoms with E-state index in [0.29, 0.717) is 6.42 Å². The number of carbonyl (C=O) groups excluding carboxylic acids is 1. The summed E-state index contributed by atoms with van der Waals surface area (Å²) in [5, 5.41) is 0. The van der Waals surface area contributed by atoms with Gasteiger partial charge in [0.1, 0.15) is 0 Å². The van der Waals surface area contributed by atoms with Crippen LogP contribution in [0.25, 0.3) is 5.57 Å². The lowest BCUT2D eigenvalue weighted by molar-refractivity contribution is -0.113. The first-order valence-electron chi connectivity index (χ1n) is 4.44. The molecule has 0 radical (unpaired) electrons. The topological polar surface area (TPSA) is 30.0 Å². The van der Waals surface area contributed by atoms with Crippen LogP contribution in [0.15, 0.2) is 24.4 Å². The zero-order valence-corrected chi connectivity index (χ0v) is 7.58. The van der Waals surface area contributed by atoms with Gasteiger partial charge in [-0.1, -0.05) is 6.08 Å². The van der Waals surface area contributed by atoms with Crippen LogP contribution < -0.4 is 0 Å². The van der Waals surface area contributed by atoms with E-state index in [1.54, 1.807) is 6.20 Å². The van der Waals surface area contributed by atoms with Gasteiger partial charge in [-0.15, -0.1) is 0 Å². The van der Waals surface area contributed by atoms with Crippen LogP contribution in [-0.2, 0) is 4.79 Å². The second kappa shape index (κ2) is 3.13. The molecule has 2 nitrogen and oxygen atoms in total. The van der Waals surface area contributed by atoms with Crippen molar-refractivity contribution in [3.05, 3.63) is 35.7 Å². The standard InChI is InChI=1S/C11H11NO/c1-8-7-9(5-6-12-8)10-3-2-4-11(10)13/h3,5-7H,2,4H2,1H3. The zero-order valence-electron chi connectivity index (χ0n) is 7.58. The van der Waals surface area contributed by atoms with Crippen molar-refractivity contribution in [2.24, 2.45) is 0 Å². The summed E-state index contributed by atoms with van der Waals surface area (Å²) in [5.41, 5.74) is 2.83. The molecule has 1 aliphatic rings. The zero-order chi connectivity index (χ0) is 9.26. The Morgan fingerprint density at radius 3 is 2.92 bits per heavy atom. The van der Waals surface area contributed by atoms with E-state index in [-0.39, 0.29) is 5.78 Å². The molecule has 1 aliphatic carbocycles. The number of rotatable bonds is 1. The third-order valence-corrected chi connectivity index (χ3v) is 2.23. The third kappa shape index (κ3) is 1.52. The molecule has 0 atom stereocenters. The molecule has 0 saturated heterocycles. The van der Waals surface area contributed by atoms with Crippen molar-refractivity contribution in [2.45, 2.75) is 19.8 Å². The Bertz CT molecular complexity index is 379.